The van der Waals surface area contributed by atoms with Crippen LogP contribution >= 0.6 is 0 Å². The minimum absolute atomic E-state index is 0.137. The largest absolute Gasteiger partial charge is 0.477 e. The van der Waals surface area contributed by atoms with Crippen LogP contribution in [0.15, 0.2) is 24.3 Å². The molecule has 1 heterocycles. The number of hydrogen-bond donors (Lipinski definition) is 2. The van der Waals surface area contributed by atoms with E-state index < -0.39 is 5.97 Å². The summed E-state index contributed by atoms with van der Waals surface area (Å²) < 4.78 is 4.86. The molecule has 2 N–H and O–H groups in total. The van der Waals surface area contributed by atoms with E-state index in [0.717, 1.165) is 10.9 Å². The quantitative estimate of drug-likeness (QED) is 0.809. The van der Waals surface area contributed by atoms with Gasteiger partial charge >= 0.3 is 11.9 Å². The molecule has 0 aliphatic heterocycles. The number of carbonyl (C=O) groups is 2. The van der Waals surface area contributed by atoms with Gasteiger partial charge in [-0.05, 0) is 24.6 Å². The fraction of sp³-hybridized carbons (Fsp3) is 0.231. The Balaban J connectivity index is 2.26. The summed E-state index contributed by atoms with van der Waals surface area (Å²) in [6, 6.07) is 6.90. The fourth-order valence-electron chi connectivity index (χ4n) is 1.78. The molecule has 5 nitrogen and oxygen atoms in total. The third kappa shape index (κ3) is 2.51. The predicted molar refractivity (Wildman–Crippen MR) is 65.6 cm³/mol. The van der Waals surface area contributed by atoms with Gasteiger partial charge in [0.2, 0.25) is 0 Å². The van der Waals surface area contributed by atoms with E-state index in [1.54, 1.807) is 31.2 Å². The van der Waals surface area contributed by atoms with Gasteiger partial charge in [-0.25, -0.2) is 4.79 Å². The summed E-state index contributed by atoms with van der Waals surface area (Å²) in [5, 5.41) is 9.67. The molecule has 0 saturated carbocycles. The summed E-state index contributed by atoms with van der Waals surface area (Å²) >= 11 is 0. The topological polar surface area (TPSA) is 79.4 Å². The van der Waals surface area contributed by atoms with Crippen molar-refractivity contribution in [2.75, 3.05) is 6.61 Å². The number of benzene rings is 1. The van der Waals surface area contributed by atoms with Crippen LogP contribution < -0.4 is 0 Å². The number of fused-ring (bicyclic) bond motifs is 1. The van der Waals surface area contributed by atoms with Crippen molar-refractivity contribution < 1.29 is 19.4 Å². The van der Waals surface area contributed by atoms with Crippen LogP contribution in [0.3, 0.4) is 0 Å². The van der Waals surface area contributed by atoms with E-state index in [2.05, 4.69) is 4.98 Å². The number of aromatic nitrogens is 1. The van der Waals surface area contributed by atoms with Crippen molar-refractivity contribution in [1.29, 1.82) is 0 Å². The number of carboxylic acid groups (broad SMARTS) is 1. The standard InChI is InChI=1S/C13H13NO4/c1-2-18-12(15)6-8-3-4-9-7-11(13(16)17)14-10(9)5-8/h3-5,7,14H,2,6H2,1H3,(H,16,17). The maximum absolute atomic E-state index is 11.3. The molecule has 5 heteroatoms. The van der Waals surface area contributed by atoms with Gasteiger partial charge < -0.3 is 14.8 Å². The van der Waals surface area contributed by atoms with Gasteiger partial charge in [-0.3, -0.25) is 4.79 Å². The molecule has 0 fully saturated rings. The number of aromatic amines is 1. The highest BCUT2D eigenvalue weighted by Gasteiger charge is 2.09. The van der Waals surface area contributed by atoms with Crippen LogP contribution in [0.5, 0.6) is 0 Å². The molecule has 0 saturated heterocycles. The van der Waals surface area contributed by atoms with Crippen LogP contribution in [-0.4, -0.2) is 28.6 Å². The number of rotatable bonds is 4. The summed E-state index contributed by atoms with van der Waals surface area (Å²) in [6.07, 6.45) is 0.186. The molecule has 0 spiro atoms. The number of esters is 1. The lowest BCUT2D eigenvalue weighted by Gasteiger charge is -2.01. The zero-order chi connectivity index (χ0) is 13.1. The SMILES string of the molecule is CCOC(=O)Cc1ccc2cc(C(=O)O)[nH]c2c1. The van der Waals surface area contributed by atoms with E-state index in [4.69, 9.17) is 9.84 Å². The van der Waals surface area contributed by atoms with Gasteiger partial charge in [0, 0.05) is 10.9 Å². The molecule has 0 unspecified atom stereocenters. The molecule has 1 aromatic heterocycles. The Hall–Kier alpha value is -2.30. The predicted octanol–water partition coefficient (Wildman–Crippen LogP) is 1.97. The van der Waals surface area contributed by atoms with Gasteiger partial charge in [0.25, 0.3) is 0 Å². The average Bonchev–Trinajstić information content (AvgIpc) is 2.72. The number of H-pyrrole nitrogens is 1. The monoisotopic (exact) mass is 247 g/mol. The number of hydrogen-bond acceptors (Lipinski definition) is 3. The third-order valence-corrected chi connectivity index (χ3v) is 2.57. The van der Waals surface area contributed by atoms with Crippen molar-refractivity contribution in [2.24, 2.45) is 0 Å². The lowest BCUT2D eigenvalue weighted by atomic mass is 10.1. The number of carboxylic acids is 1. The second kappa shape index (κ2) is 4.91. The van der Waals surface area contributed by atoms with E-state index >= 15 is 0 Å². The maximum atomic E-state index is 11.3. The highest BCUT2D eigenvalue weighted by Crippen LogP contribution is 2.17. The Morgan fingerprint density at radius 3 is 2.78 bits per heavy atom. The molecule has 2 rings (SSSR count). The molecule has 1 aromatic carbocycles. The molecule has 18 heavy (non-hydrogen) atoms. The zero-order valence-corrected chi connectivity index (χ0v) is 9.90. The van der Waals surface area contributed by atoms with Crippen molar-refractivity contribution in [3.05, 3.63) is 35.5 Å². The van der Waals surface area contributed by atoms with Crippen LogP contribution in [-0.2, 0) is 16.0 Å². The second-order valence-corrected chi connectivity index (χ2v) is 3.89. The van der Waals surface area contributed by atoms with Gasteiger partial charge in [-0.15, -0.1) is 0 Å². The van der Waals surface area contributed by atoms with Crippen LogP contribution in [0, 0.1) is 0 Å². The lowest BCUT2D eigenvalue weighted by molar-refractivity contribution is -0.142. The molecule has 0 bridgehead atoms. The van der Waals surface area contributed by atoms with Gasteiger partial charge in [-0.1, -0.05) is 12.1 Å². The lowest BCUT2D eigenvalue weighted by Crippen LogP contribution is -2.07. The first-order valence-electron chi connectivity index (χ1n) is 5.60. The van der Waals surface area contributed by atoms with Crippen LogP contribution in [0.25, 0.3) is 10.9 Å². The molecule has 0 atom stereocenters. The van der Waals surface area contributed by atoms with Crippen LogP contribution in [0.1, 0.15) is 23.0 Å². The second-order valence-electron chi connectivity index (χ2n) is 3.89. The third-order valence-electron chi connectivity index (χ3n) is 2.57. The molecule has 0 amide bonds. The summed E-state index contributed by atoms with van der Waals surface area (Å²) in [6.45, 7) is 2.11. The normalized spacial score (nSPS) is 10.5. The summed E-state index contributed by atoms with van der Waals surface area (Å²) in [5.41, 5.74) is 1.63. The average molecular weight is 247 g/mol. The zero-order valence-electron chi connectivity index (χ0n) is 9.90. The maximum Gasteiger partial charge on any atom is 0.352 e. The van der Waals surface area contributed by atoms with Gasteiger partial charge in [0.05, 0.1) is 13.0 Å². The molecule has 0 aliphatic carbocycles. The number of carbonyl (C=O) groups excluding carboxylic acids is 1. The molecule has 0 radical (unpaired) electrons. The number of nitrogens with one attached hydrogen (secondary N) is 1. The highest BCUT2D eigenvalue weighted by molar-refractivity contribution is 5.94. The van der Waals surface area contributed by atoms with Crippen molar-refractivity contribution in [3.63, 3.8) is 0 Å². The summed E-state index contributed by atoms with van der Waals surface area (Å²) in [7, 11) is 0. The minimum atomic E-state index is -1.00. The highest BCUT2D eigenvalue weighted by atomic mass is 16.5. The van der Waals surface area contributed by atoms with E-state index in [1.807, 2.05) is 0 Å². The van der Waals surface area contributed by atoms with Gasteiger partial charge in [0.15, 0.2) is 0 Å². The van der Waals surface area contributed by atoms with E-state index in [9.17, 15) is 9.59 Å². The fourth-order valence-corrected chi connectivity index (χ4v) is 1.78. The van der Waals surface area contributed by atoms with Gasteiger partial charge in [0.1, 0.15) is 5.69 Å². The van der Waals surface area contributed by atoms with Crippen molar-refractivity contribution in [2.45, 2.75) is 13.3 Å². The molecule has 2 aromatic rings. The van der Waals surface area contributed by atoms with E-state index in [0.29, 0.717) is 12.1 Å². The first-order valence-corrected chi connectivity index (χ1v) is 5.60. The minimum Gasteiger partial charge on any atom is -0.477 e. The van der Waals surface area contributed by atoms with Gasteiger partial charge in [-0.2, -0.15) is 0 Å². The van der Waals surface area contributed by atoms with Crippen molar-refractivity contribution in [1.82, 2.24) is 4.98 Å². The van der Waals surface area contributed by atoms with Crippen molar-refractivity contribution >= 4 is 22.8 Å². The van der Waals surface area contributed by atoms with Crippen LogP contribution in [0.2, 0.25) is 0 Å². The van der Waals surface area contributed by atoms with Crippen LogP contribution in [0.4, 0.5) is 0 Å². The Morgan fingerprint density at radius 2 is 2.11 bits per heavy atom. The van der Waals surface area contributed by atoms with E-state index in [-0.39, 0.29) is 18.1 Å². The summed E-state index contributed by atoms with van der Waals surface area (Å²) in [4.78, 5) is 24.9. The molecular weight excluding hydrogens is 234 g/mol. The summed E-state index contributed by atoms with van der Waals surface area (Å²) in [5.74, 6) is -1.29. The molecule has 94 valence electrons. The van der Waals surface area contributed by atoms with E-state index in [1.165, 1.54) is 0 Å². The Morgan fingerprint density at radius 1 is 1.33 bits per heavy atom. The number of ether oxygens (including phenoxy) is 1. The Labute approximate surface area is 103 Å². The Kier molecular flexibility index (Phi) is 3.32. The smallest absolute Gasteiger partial charge is 0.352 e. The molecular formula is C13H13NO4. The van der Waals surface area contributed by atoms with Crippen molar-refractivity contribution in [3.8, 4) is 0 Å². The first-order chi connectivity index (χ1) is 8.60. The first kappa shape index (κ1) is 12.2. The number of aromatic carboxylic acids is 1. The Bertz CT molecular complexity index is 600. The molecule has 0 aliphatic rings.